The van der Waals surface area contributed by atoms with E-state index in [9.17, 15) is 13.6 Å². The molecule has 0 unspecified atom stereocenters. The summed E-state index contributed by atoms with van der Waals surface area (Å²) in [6, 6.07) is 2.78. The van der Waals surface area contributed by atoms with Crippen molar-refractivity contribution >= 4 is 5.78 Å². The molecule has 92 valence electrons. The van der Waals surface area contributed by atoms with Crippen LogP contribution in [0.15, 0.2) is 30.9 Å². The van der Waals surface area contributed by atoms with Gasteiger partial charge in [0.2, 0.25) is 0 Å². The summed E-state index contributed by atoms with van der Waals surface area (Å²) in [6.07, 6.45) is 3.29. The van der Waals surface area contributed by atoms with E-state index in [0.29, 0.717) is 6.61 Å². The lowest BCUT2D eigenvalue weighted by Crippen LogP contribution is -2.12. The monoisotopic (exact) mass is 240 g/mol. The lowest BCUT2D eigenvalue weighted by atomic mass is 10.1. The zero-order chi connectivity index (χ0) is 12.7. The Labute approximate surface area is 98.9 Å². The Hall–Kier alpha value is -1.55. The quantitative estimate of drug-likeness (QED) is 0.416. The third-order valence-corrected chi connectivity index (χ3v) is 2.16. The summed E-state index contributed by atoms with van der Waals surface area (Å²) in [7, 11) is 0. The minimum atomic E-state index is -0.730. The minimum absolute atomic E-state index is 0.239. The number of halogens is 2. The number of carbonyl (C=O) groups is 1. The van der Waals surface area contributed by atoms with Crippen molar-refractivity contribution in [3.63, 3.8) is 0 Å². The molecule has 2 nitrogen and oxygen atoms in total. The van der Waals surface area contributed by atoms with Crippen LogP contribution in [-0.4, -0.2) is 19.0 Å². The molecule has 0 bridgehead atoms. The number of unbranched alkanes of at least 4 members (excludes halogenated alkanes) is 1. The first kappa shape index (κ1) is 13.5. The SMILES string of the molecule is C=CCCCOCC(=O)c1cc(F)ccc1F. The molecule has 0 fully saturated rings. The van der Waals surface area contributed by atoms with Crippen LogP contribution in [0.3, 0.4) is 0 Å². The van der Waals surface area contributed by atoms with Gasteiger partial charge in [0.05, 0.1) is 5.56 Å². The predicted molar refractivity (Wildman–Crippen MR) is 60.9 cm³/mol. The Morgan fingerprint density at radius 2 is 2.18 bits per heavy atom. The van der Waals surface area contributed by atoms with Gasteiger partial charge in [0.1, 0.15) is 18.2 Å². The largest absolute Gasteiger partial charge is 0.373 e. The van der Waals surface area contributed by atoms with Crippen LogP contribution in [0.25, 0.3) is 0 Å². The first-order valence-electron chi connectivity index (χ1n) is 5.32. The van der Waals surface area contributed by atoms with Crippen molar-refractivity contribution in [1.82, 2.24) is 0 Å². The van der Waals surface area contributed by atoms with Gasteiger partial charge < -0.3 is 4.74 Å². The normalized spacial score (nSPS) is 10.2. The highest BCUT2D eigenvalue weighted by Gasteiger charge is 2.12. The highest BCUT2D eigenvalue weighted by molar-refractivity contribution is 5.97. The second kappa shape index (κ2) is 6.91. The molecule has 0 radical (unpaired) electrons. The molecule has 17 heavy (non-hydrogen) atoms. The molecule has 0 aliphatic heterocycles. The van der Waals surface area contributed by atoms with Crippen molar-refractivity contribution in [1.29, 1.82) is 0 Å². The number of allylic oxidation sites excluding steroid dienone is 1. The fourth-order valence-corrected chi connectivity index (χ4v) is 1.28. The van der Waals surface area contributed by atoms with Gasteiger partial charge in [-0.05, 0) is 31.0 Å². The summed E-state index contributed by atoms with van der Waals surface area (Å²) in [4.78, 5) is 11.5. The van der Waals surface area contributed by atoms with E-state index in [1.807, 2.05) is 0 Å². The number of benzene rings is 1. The number of Topliss-reactive ketones (excluding diaryl/α,β-unsaturated/α-hetero) is 1. The maximum absolute atomic E-state index is 13.2. The molecule has 0 amide bonds. The minimum Gasteiger partial charge on any atom is -0.373 e. The molecule has 1 aromatic rings. The van der Waals surface area contributed by atoms with Crippen molar-refractivity contribution in [2.45, 2.75) is 12.8 Å². The molecule has 0 saturated carbocycles. The van der Waals surface area contributed by atoms with Crippen molar-refractivity contribution in [2.24, 2.45) is 0 Å². The highest BCUT2D eigenvalue weighted by Crippen LogP contribution is 2.10. The van der Waals surface area contributed by atoms with E-state index in [0.717, 1.165) is 31.0 Å². The van der Waals surface area contributed by atoms with Gasteiger partial charge in [0.15, 0.2) is 5.78 Å². The Morgan fingerprint density at radius 1 is 1.41 bits per heavy atom. The molecule has 0 aliphatic carbocycles. The molecule has 0 aliphatic rings. The van der Waals surface area contributed by atoms with Gasteiger partial charge in [-0.1, -0.05) is 6.08 Å². The second-order valence-electron chi connectivity index (χ2n) is 3.53. The zero-order valence-electron chi connectivity index (χ0n) is 9.42. The predicted octanol–water partition coefficient (Wildman–Crippen LogP) is 3.13. The maximum Gasteiger partial charge on any atom is 0.191 e. The number of hydrogen-bond acceptors (Lipinski definition) is 2. The van der Waals surface area contributed by atoms with Crippen molar-refractivity contribution in [3.8, 4) is 0 Å². The van der Waals surface area contributed by atoms with Gasteiger partial charge in [-0.3, -0.25) is 4.79 Å². The van der Waals surface area contributed by atoms with Crippen molar-refractivity contribution < 1.29 is 18.3 Å². The molecule has 0 heterocycles. The average Bonchev–Trinajstić information content (AvgIpc) is 2.32. The first-order chi connectivity index (χ1) is 8.15. The van der Waals surface area contributed by atoms with Crippen molar-refractivity contribution in [3.05, 3.63) is 48.1 Å². The van der Waals surface area contributed by atoms with E-state index in [4.69, 9.17) is 4.74 Å². The van der Waals surface area contributed by atoms with Gasteiger partial charge >= 0.3 is 0 Å². The fraction of sp³-hybridized carbons (Fsp3) is 0.308. The molecule has 0 saturated heterocycles. The summed E-state index contributed by atoms with van der Waals surface area (Å²) in [5.41, 5.74) is -0.270. The molecular formula is C13H14F2O2. The van der Waals surface area contributed by atoms with Crippen LogP contribution in [0.1, 0.15) is 23.2 Å². The molecular weight excluding hydrogens is 226 g/mol. The van der Waals surface area contributed by atoms with Crippen LogP contribution in [0.2, 0.25) is 0 Å². The molecule has 0 atom stereocenters. The van der Waals surface area contributed by atoms with Crippen molar-refractivity contribution in [2.75, 3.05) is 13.2 Å². The number of rotatable bonds is 7. The third-order valence-electron chi connectivity index (χ3n) is 2.16. The van der Waals surface area contributed by atoms with Crippen LogP contribution in [-0.2, 0) is 4.74 Å². The second-order valence-corrected chi connectivity index (χ2v) is 3.53. The zero-order valence-corrected chi connectivity index (χ0v) is 9.42. The van der Waals surface area contributed by atoms with Crippen LogP contribution < -0.4 is 0 Å². The Bertz CT molecular complexity index is 402. The van der Waals surface area contributed by atoms with Crippen LogP contribution >= 0.6 is 0 Å². The van der Waals surface area contributed by atoms with E-state index in [-0.39, 0.29) is 12.2 Å². The molecule has 4 heteroatoms. The molecule has 0 N–H and O–H groups in total. The van der Waals surface area contributed by atoms with E-state index < -0.39 is 17.4 Å². The Morgan fingerprint density at radius 3 is 2.88 bits per heavy atom. The fourth-order valence-electron chi connectivity index (χ4n) is 1.28. The highest BCUT2D eigenvalue weighted by atomic mass is 19.1. The standard InChI is InChI=1S/C13H14F2O2/c1-2-3-4-7-17-9-13(16)11-8-10(14)5-6-12(11)15/h2,5-6,8H,1,3-4,7,9H2. The number of ether oxygens (including phenoxy) is 1. The smallest absolute Gasteiger partial charge is 0.191 e. The molecule has 1 rings (SSSR count). The number of ketones is 1. The summed E-state index contributed by atoms with van der Waals surface area (Å²) < 4.78 is 31.1. The van der Waals surface area contributed by atoms with E-state index in [2.05, 4.69) is 6.58 Å². The van der Waals surface area contributed by atoms with Gasteiger partial charge in [-0.25, -0.2) is 8.78 Å². The van der Waals surface area contributed by atoms with E-state index in [1.165, 1.54) is 0 Å². The van der Waals surface area contributed by atoms with E-state index in [1.54, 1.807) is 6.08 Å². The summed E-state index contributed by atoms with van der Waals surface area (Å²) in [6.45, 7) is 3.71. The summed E-state index contributed by atoms with van der Waals surface area (Å²) in [5.74, 6) is -1.92. The molecule has 1 aromatic carbocycles. The van der Waals surface area contributed by atoms with Gasteiger partial charge in [-0.15, -0.1) is 6.58 Å². The van der Waals surface area contributed by atoms with Crippen LogP contribution in [0.4, 0.5) is 8.78 Å². The first-order valence-corrected chi connectivity index (χ1v) is 5.32. The van der Waals surface area contributed by atoms with E-state index >= 15 is 0 Å². The Balaban J connectivity index is 2.46. The topological polar surface area (TPSA) is 26.3 Å². The molecule has 0 aromatic heterocycles. The lowest BCUT2D eigenvalue weighted by molar-refractivity contribution is 0.0752. The van der Waals surface area contributed by atoms with Gasteiger partial charge in [0, 0.05) is 6.61 Å². The number of carbonyl (C=O) groups excluding carboxylic acids is 1. The summed E-state index contributed by atoms with van der Waals surface area (Å²) in [5, 5.41) is 0. The van der Waals surface area contributed by atoms with Gasteiger partial charge in [0.25, 0.3) is 0 Å². The summed E-state index contributed by atoms with van der Waals surface area (Å²) >= 11 is 0. The van der Waals surface area contributed by atoms with Gasteiger partial charge in [-0.2, -0.15) is 0 Å². The average molecular weight is 240 g/mol. The third kappa shape index (κ3) is 4.44. The van der Waals surface area contributed by atoms with Crippen LogP contribution in [0, 0.1) is 11.6 Å². The number of hydrogen-bond donors (Lipinski definition) is 0. The maximum atomic E-state index is 13.2. The Kier molecular flexibility index (Phi) is 5.49. The molecule has 0 spiro atoms. The lowest BCUT2D eigenvalue weighted by Gasteiger charge is -2.04. The van der Waals surface area contributed by atoms with Crippen LogP contribution in [0.5, 0.6) is 0 Å².